The Bertz CT molecular complexity index is 745. The summed E-state index contributed by atoms with van der Waals surface area (Å²) in [5, 5.41) is 8.85. The van der Waals surface area contributed by atoms with Gasteiger partial charge in [-0.15, -0.1) is 11.8 Å². The minimum absolute atomic E-state index is 0.0218. The van der Waals surface area contributed by atoms with Gasteiger partial charge in [0.15, 0.2) is 0 Å². The van der Waals surface area contributed by atoms with Crippen LogP contribution in [0.25, 0.3) is 0 Å². The van der Waals surface area contributed by atoms with Crippen molar-refractivity contribution in [3.63, 3.8) is 0 Å². The van der Waals surface area contributed by atoms with Gasteiger partial charge in [-0.25, -0.2) is 0 Å². The first-order valence-corrected chi connectivity index (χ1v) is 8.60. The van der Waals surface area contributed by atoms with E-state index >= 15 is 0 Å². The first-order valence-electron chi connectivity index (χ1n) is 7.62. The van der Waals surface area contributed by atoms with Gasteiger partial charge in [0.25, 0.3) is 0 Å². The van der Waals surface area contributed by atoms with Gasteiger partial charge in [0.1, 0.15) is 0 Å². The molecule has 2 aromatic rings. The summed E-state index contributed by atoms with van der Waals surface area (Å²) in [6, 6.07) is 13.1. The molecule has 1 nitrogen and oxygen atoms in total. The molecule has 0 bridgehead atoms. The molecule has 0 aliphatic rings. The number of halogens is 3. The Morgan fingerprint density at radius 3 is 2.42 bits per heavy atom. The third kappa shape index (κ3) is 4.78. The average molecular weight is 349 g/mol. The van der Waals surface area contributed by atoms with Crippen LogP contribution in [0, 0.1) is 17.2 Å². The maximum absolute atomic E-state index is 13.3. The number of benzene rings is 2. The number of nitrogens with zero attached hydrogens (tertiary/aromatic N) is 1. The van der Waals surface area contributed by atoms with E-state index in [1.807, 2.05) is 24.3 Å². The first kappa shape index (κ1) is 18.4. The van der Waals surface area contributed by atoms with Crippen LogP contribution in [0.3, 0.4) is 0 Å². The van der Waals surface area contributed by atoms with Crippen molar-refractivity contribution in [3.8, 4) is 6.07 Å². The lowest BCUT2D eigenvalue weighted by Gasteiger charge is -2.15. The minimum Gasteiger partial charge on any atom is -0.192 e. The lowest BCUT2D eigenvalue weighted by molar-refractivity contribution is -0.138. The predicted octanol–water partition coefficient (Wildman–Crippen LogP) is 5.92. The first-order chi connectivity index (χ1) is 11.3. The fraction of sp³-hybridized carbons (Fsp3) is 0.316. The summed E-state index contributed by atoms with van der Waals surface area (Å²) < 4.78 is 39.9. The molecule has 0 aromatic heterocycles. The van der Waals surface area contributed by atoms with Gasteiger partial charge < -0.3 is 0 Å². The van der Waals surface area contributed by atoms with E-state index < -0.39 is 11.7 Å². The number of thioether (sulfide) groups is 1. The molecular weight excluding hydrogens is 331 g/mol. The fourth-order valence-electron chi connectivity index (χ4n) is 2.32. The Kier molecular flexibility index (Phi) is 5.95. The highest BCUT2D eigenvalue weighted by atomic mass is 32.2. The molecule has 0 radical (unpaired) electrons. The zero-order chi connectivity index (χ0) is 17.7. The summed E-state index contributed by atoms with van der Waals surface area (Å²) in [6.45, 7) is 4.22. The van der Waals surface area contributed by atoms with E-state index in [9.17, 15) is 13.2 Å². The van der Waals surface area contributed by atoms with E-state index in [1.54, 1.807) is 17.8 Å². The second-order valence-electron chi connectivity index (χ2n) is 5.97. The largest absolute Gasteiger partial charge is 0.416 e. The predicted molar refractivity (Wildman–Crippen MR) is 91.0 cm³/mol. The molecule has 0 aliphatic carbocycles. The molecular formula is C19H18F3NS. The smallest absolute Gasteiger partial charge is 0.192 e. The van der Waals surface area contributed by atoms with Crippen molar-refractivity contribution >= 4 is 11.8 Å². The Morgan fingerprint density at radius 2 is 1.79 bits per heavy atom. The zero-order valence-electron chi connectivity index (χ0n) is 13.5. The Morgan fingerprint density at radius 1 is 1.08 bits per heavy atom. The molecule has 0 N–H and O–H groups in total. The monoisotopic (exact) mass is 349 g/mol. The number of alkyl halides is 3. The van der Waals surface area contributed by atoms with Crippen molar-refractivity contribution < 1.29 is 13.2 Å². The lowest BCUT2D eigenvalue weighted by Crippen LogP contribution is -2.10. The summed E-state index contributed by atoms with van der Waals surface area (Å²) in [5.41, 5.74) is 0.358. The van der Waals surface area contributed by atoms with Crippen LogP contribution in [0.5, 0.6) is 0 Å². The molecule has 0 saturated heterocycles. The van der Waals surface area contributed by atoms with Crippen molar-refractivity contribution in [2.45, 2.75) is 31.3 Å². The van der Waals surface area contributed by atoms with Gasteiger partial charge in [0, 0.05) is 10.6 Å². The van der Waals surface area contributed by atoms with Crippen LogP contribution in [0.1, 0.15) is 36.1 Å². The van der Waals surface area contributed by atoms with Crippen LogP contribution in [0.4, 0.5) is 13.2 Å². The molecule has 0 amide bonds. The van der Waals surface area contributed by atoms with Gasteiger partial charge in [-0.2, -0.15) is 18.4 Å². The third-order valence-electron chi connectivity index (χ3n) is 3.47. The standard InChI is InChI=1S/C19H18F3NS/c1-13(2)12-24-18-6-4-3-5-16(18)10-15-8-7-14(11-23)9-17(15)19(20,21)22/h3-9,13H,10,12H2,1-2H3. The van der Waals surface area contributed by atoms with Crippen molar-refractivity contribution in [1.29, 1.82) is 5.26 Å². The van der Waals surface area contributed by atoms with Gasteiger partial charge in [-0.1, -0.05) is 38.1 Å². The van der Waals surface area contributed by atoms with Crippen molar-refractivity contribution in [1.82, 2.24) is 0 Å². The second-order valence-corrected chi connectivity index (χ2v) is 7.03. The molecule has 0 heterocycles. The highest BCUT2D eigenvalue weighted by Crippen LogP contribution is 2.35. The van der Waals surface area contributed by atoms with Crippen molar-refractivity contribution in [2.24, 2.45) is 5.92 Å². The minimum atomic E-state index is -4.47. The van der Waals surface area contributed by atoms with Crippen LogP contribution in [0.15, 0.2) is 47.4 Å². The van der Waals surface area contributed by atoms with Gasteiger partial charge in [-0.3, -0.25) is 0 Å². The van der Waals surface area contributed by atoms with Crippen molar-refractivity contribution in [3.05, 3.63) is 64.7 Å². The van der Waals surface area contributed by atoms with E-state index in [0.29, 0.717) is 5.92 Å². The van der Waals surface area contributed by atoms with E-state index in [2.05, 4.69) is 13.8 Å². The molecule has 0 aliphatic heterocycles. The molecule has 126 valence electrons. The maximum Gasteiger partial charge on any atom is 0.416 e. The normalized spacial score (nSPS) is 11.5. The van der Waals surface area contributed by atoms with Crippen LogP contribution < -0.4 is 0 Å². The third-order valence-corrected chi connectivity index (χ3v) is 5.01. The topological polar surface area (TPSA) is 23.8 Å². The molecule has 2 rings (SSSR count). The highest BCUT2D eigenvalue weighted by Gasteiger charge is 2.33. The molecule has 0 unspecified atom stereocenters. The van der Waals surface area contributed by atoms with E-state index in [-0.39, 0.29) is 17.5 Å². The van der Waals surface area contributed by atoms with Crippen molar-refractivity contribution in [2.75, 3.05) is 5.75 Å². The number of hydrogen-bond donors (Lipinski definition) is 0. The summed E-state index contributed by atoms with van der Waals surface area (Å²) in [6.07, 6.45) is -4.27. The molecule has 2 aromatic carbocycles. The van der Waals surface area contributed by atoms with Crippen LogP contribution in [-0.4, -0.2) is 5.75 Å². The molecule has 24 heavy (non-hydrogen) atoms. The van der Waals surface area contributed by atoms with Gasteiger partial charge in [0.05, 0.1) is 17.2 Å². The summed E-state index contributed by atoms with van der Waals surface area (Å²) in [5.74, 6) is 1.42. The fourth-order valence-corrected chi connectivity index (χ4v) is 3.33. The molecule has 0 spiro atoms. The molecule has 5 heteroatoms. The zero-order valence-corrected chi connectivity index (χ0v) is 14.3. The average Bonchev–Trinajstić information content (AvgIpc) is 2.53. The lowest BCUT2D eigenvalue weighted by atomic mass is 9.97. The highest BCUT2D eigenvalue weighted by molar-refractivity contribution is 7.99. The van der Waals surface area contributed by atoms with Gasteiger partial charge in [0.2, 0.25) is 0 Å². The summed E-state index contributed by atoms with van der Waals surface area (Å²) in [4.78, 5) is 1.00. The molecule has 0 saturated carbocycles. The molecule has 0 atom stereocenters. The summed E-state index contributed by atoms with van der Waals surface area (Å²) >= 11 is 1.66. The Labute approximate surface area is 144 Å². The number of nitriles is 1. The van der Waals surface area contributed by atoms with E-state index in [0.717, 1.165) is 22.3 Å². The SMILES string of the molecule is CC(C)CSc1ccccc1Cc1ccc(C#N)cc1C(F)(F)F. The van der Waals surface area contributed by atoms with E-state index in [4.69, 9.17) is 5.26 Å². The number of hydrogen-bond acceptors (Lipinski definition) is 2. The molecule has 0 fully saturated rings. The van der Waals surface area contributed by atoms with Crippen LogP contribution in [0.2, 0.25) is 0 Å². The van der Waals surface area contributed by atoms with Gasteiger partial charge >= 0.3 is 6.18 Å². The quantitative estimate of drug-likeness (QED) is 0.626. The van der Waals surface area contributed by atoms with E-state index in [1.165, 1.54) is 12.1 Å². The Balaban J connectivity index is 2.37. The second kappa shape index (κ2) is 7.76. The summed E-state index contributed by atoms with van der Waals surface area (Å²) in [7, 11) is 0. The van der Waals surface area contributed by atoms with Crippen LogP contribution in [-0.2, 0) is 12.6 Å². The maximum atomic E-state index is 13.3. The van der Waals surface area contributed by atoms with Crippen LogP contribution >= 0.6 is 11.8 Å². The Hall–Kier alpha value is -1.93. The van der Waals surface area contributed by atoms with Gasteiger partial charge in [-0.05, 0) is 41.7 Å². The number of rotatable bonds is 5.